The lowest BCUT2D eigenvalue weighted by Gasteiger charge is -2.19. The first-order chi connectivity index (χ1) is 38.2. The summed E-state index contributed by atoms with van der Waals surface area (Å²) in [6.45, 7) is -0.710. The fraction of sp³-hybridized carbons (Fsp3) is 0. The molecule has 5 aromatic heterocycles. The summed E-state index contributed by atoms with van der Waals surface area (Å²) < 4.78 is 11.0. The van der Waals surface area contributed by atoms with Crippen LogP contribution in [0.3, 0.4) is 0 Å². The van der Waals surface area contributed by atoms with Crippen molar-refractivity contribution in [2.75, 3.05) is 0 Å². The molecule has 0 N–H and O–H groups in total. The molecule has 358 valence electrons. The molecule has 0 bridgehead atoms. The fourth-order valence-electron chi connectivity index (χ4n) is 11.4. The summed E-state index contributed by atoms with van der Waals surface area (Å²) in [5.74, 6) is 1.56. The topological polar surface area (TPSA) is 100 Å². The van der Waals surface area contributed by atoms with Crippen molar-refractivity contribution < 1.29 is 4.42 Å². The van der Waals surface area contributed by atoms with E-state index in [1.807, 2.05) is 66.7 Å². The molecule has 0 saturated carbocycles. The number of aromatic nitrogens is 8. The molecule has 9 nitrogen and oxygen atoms in total. The van der Waals surface area contributed by atoms with Crippen LogP contribution < -0.4 is 33.3 Å². The normalized spacial score (nSPS) is 11.6. The van der Waals surface area contributed by atoms with Gasteiger partial charge in [0.2, 0.25) is 11.8 Å². The Hall–Kier alpha value is -10.3. The minimum atomic E-state index is -0.355. The Kier molecular flexibility index (Phi) is 10.5. The van der Waals surface area contributed by atoms with Gasteiger partial charge in [0.05, 0.1) is 22.1 Å². The van der Waals surface area contributed by atoms with Crippen molar-refractivity contribution in [1.29, 1.82) is 0 Å². The molecule has 15 aromatic rings. The summed E-state index contributed by atoms with van der Waals surface area (Å²) in [6, 6.07) is 88.2. The van der Waals surface area contributed by atoms with Gasteiger partial charge < -0.3 is 8.98 Å². The van der Waals surface area contributed by atoms with E-state index >= 15 is 0 Å². The quantitative estimate of drug-likeness (QED) is 0.126. The van der Waals surface area contributed by atoms with E-state index in [1.54, 1.807) is 0 Å². The second kappa shape index (κ2) is 18.3. The SMILES string of the molecule is c1ccc(B(c2ccccc2)c2nc(B(c3ccccc3)c3ccccc3)nc(-c3nc(-c4ccccc4)nc(-n4c5ccccc5c5ccc6c7ccccc7n(-c7ccc8oc9ccccc9c8c7)c6c54)n3)n2)cc1. The van der Waals surface area contributed by atoms with Crippen molar-refractivity contribution in [3.8, 4) is 34.7 Å². The smallest absolute Gasteiger partial charge is 0.290 e. The van der Waals surface area contributed by atoms with Gasteiger partial charge in [0, 0.05) is 43.6 Å². The molecule has 0 radical (unpaired) electrons. The first-order valence-corrected chi connectivity index (χ1v) is 25.8. The maximum Gasteiger partial charge on any atom is 0.290 e. The van der Waals surface area contributed by atoms with E-state index in [2.05, 4.69) is 197 Å². The minimum Gasteiger partial charge on any atom is -0.456 e. The highest BCUT2D eigenvalue weighted by Crippen LogP contribution is 2.42. The number of nitrogens with zero attached hydrogens (tertiary/aromatic N) is 8. The van der Waals surface area contributed by atoms with Gasteiger partial charge >= 0.3 is 0 Å². The zero-order chi connectivity index (χ0) is 50.8. The largest absolute Gasteiger partial charge is 0.456 e. The highest BCUT2D eigenvalue weighted by atomic mass is 16.3. The standard InChI is InChI=1S/C66H42B2N8O/c1-6-22-43(23-7-1)61-69-62(63-70-64(67(44-24-8-2-9-25-44)45-26-10-3-11-27-45)74-65(71-63)68(46-28-12-4-13-29-46)47-30-14-5-15-31-47)73-66(72-61)76-56-36-20-17-33-50(56)53-40-39-52-49-32-16-19-35-55(49)75(59(52)60(53)76)48-38-41-58-54(42-48)51-34-18-21-37-57(51)77-58/h1-42H. The van der Waals surface area contributed by atoms with Crippen molar-refractivity contribution >= 4 is 112 Å². The third-order valence-corrected chi connectivity index (χ3v) is 14.9. The van der Waals surface area contributed by atoms with Crippen molar-refractivity contribution in [1.82, 2.24) is 39.0 Å². The van der Waals surface area contributed by atoms with Crippen LogP contribution in [0.2, 0.25) is 0 Å². The highest BCUT2D eigenvalue weighted by molar-refractivity contribution is 6.96. The molecule has 0 aliphatic carbocycles. The van der Waals surface area contributed by atoms with E-state index in [4.69, 9.17) is 34.3 Å². The first-order valence-electron chi connectivity index (χ1n) is 25.8. The Morgan fingerprint density at radius 2 is 0.727 bits per heavy atom. The minimum absolute atomic E-state index is 0.314. The molecule has 77 heavy (non-hydrogen) atoms. The molecule has 0 saturated heterocycles. The van der Waals surface area contributed by atoms with E-state index < -0.39 is 0 Å². The number of hydrogen-bond acceptors (Lipinski definition) is 7. The summed E-state index contributed by atoms with van der Waals surface area (Å²) in [4.78, 5) is 32.9. The monoisotopic (exact) mass is 984 g/mol. The number of fused-ring (bicyclic) bond motifs is 10. The Labute approximate surface area is 443 Å². The summed E-state index contributed by atoms with van der Waals surface area (Å²) in [6.07, 6.45) is 0. The van der Waals surface area contributed by atoms with Gasteiger partial charge in [-0.25, -0.2) is 19.9 Å². The van der Waals surface area contributed by atoms with Gasteiger partial charge in [0.25, 0.3) is 13.4 Å². The Morgan fingerprint density at radius 1 is 0.299 bits per heavy atom. The summed E-state index contributed by atoms with van der Waals surface area (Å²) >= 11 is 0. The van der Waals surface area contributed by atoms with Crippen molar-refractivity contribution in [3.05, 3.63) is 255 Å². The molecule has 0 amide bonds. The molecule has 11 heteroatoms. The van der Waals surface area contributed by atoms with Crippen LogP contribution in [0.15, 0.2) is 259 Å². The summed E-state index contributed by atoms with van der Waals surface area (Å²) in [5, 5.41) is 6.46. The summed E-state index contributed by atoms with van der Waals surface area (Å²) in [7, 11) is 0. The zero-order valence-corrected chi connectivity index (χ0v) is 41.4. The maximum absolute atomic E-state index is 6.36. The molecule has 0 fully saturated rings. The third-order valence-electron chi connectivity index (χ3n) is 14.9. The van der Waals surface area contributed by atoms with E-state index in [-0.39, 0.29) is 13.4 Å². The van der Waals surface area contributed by atoms with Gasteiger partial charge in [0.1, 0.15) is 22.6 Å². The Balaban J connectivity index is 1.04. The number of para-hydroxylation sites is 3. The van der Waals surface area contributed by atoms with Gasteiger partial charge in [-0.05, 0) is 36.4 Å². The van der Waals surface area contributed by atoms with Gasteiger partial charge in [-0.3, -0.25) is 4.57 Å². The molecule has 0 unspecified atom stereocenters. The van der Waals surface area contributed by atoms with Crippen LogP contribution >= 0.6 is 0 Å². The van der Waals surface area contributed by atoms with Crippen LogP contribution in [0, 0.1) is 0 Å². The van der Waals surface area contributed by atoms with Crippen LogP contribution in [-0.4, -0.2) is 52.5 Å². The van der Waals surface area contributed by atoms with Crippen LogP contribution in [0.25, 0.3) is 100 Å². The van der Waals surface area contributed by atoms with E-state index in [0.717, 1.165) is 98.7 Å². The lowest BCUT2D eigenvalue weighted by molar-refractivity contribution is 0.669. The molecule has 0 spiro atoms. The molecule has 0 aliphatic heterocycles. The van der Waals surface area contributed by atoms with Crippen LogP contribution in [0.4, 0.5) is 0 Å². The van der Waals surface area contributed by atoms with Crippen LogP contribution in [0.5, 0.6) is 0 Å². The average Bonchev–Trinajstić information content (AvgIpc) is 4.31. The number of rotatable bonds is 10. The van der Waals surface area contributed by atoms with Gasteiger partial charge in [-0.1, -0.05) is 240 Å². The van der Waals surface area contributed by atoms with E-state index in [0.29, 0.717) is 34.9 Å². The zero-order valence-electron chi connectivity index (χ0n) is 41.4. The molecular weight excluding hydrogens is 942 g/mol. The third kappa shape index (κ3) is 7.50. The second-order valence-corrected chi connectivity index (χ2v) is 19.4. The Bertz CT molecular complexity index is 4520. The molecule has 0 aliphatic rings. The Morgan fingerprint density at radius 3 is 1.29 bits per heavy atom. The predicted molar refractivity (Wildman–Crippen MR) is 315 cm³/mol. The van der Waals surface area contributed by atoms with Crippen molar-refractivity contribution in [3.63, 3.8) is 0 Å². The summed E-state index contributed by atoms with van der Waals surface area (Å²) in [5.41, 5.74) is 12.8. The molecule has 0 atom stereocenters. The first kappa shape index (κ1) is 44.3. The van der Waals surface area contributed by atoms with Gasteiger partial charge in [-0.15, -0.1) is 0 Å². The molecule has 15 rings (SSSR count). The lowest BCUT2D eigenvalue weighted by atomic mass is 9.38. The molecule has 5 heterocycles. The maximum atomic E-state index is 6.36. The highest BCUT2D eigenvalue weighted by Gasteiger charge is 2.32. The van der Waals surface area contributed by atoms with E-state index in [1.165, 1.54) is 0 Å². The molecule has 10 aromatic carbocycles. The molecular formula is C66H42B2N8O. The number of hydrogen-bond donors (Lipinski definition) is 0. The number of benzene rings is 10. The van der Waals surface area contributed by atoms with Gasteiger partial charge in [-0.2, -0.15) is 9.97 Å². The second-order valence-electron chi connectivity index (χ2n) is 19.4. The fourth-order valence-corrected chi connectivity index (χ4v) is 11.4. The van der Waals surface area contributed by atoms with Gasteiger partial charge in [0.15, 0.2) is 11.6 Å². The van der Waals surface area contributed by atoms with Crippen molar-refractivity contribution in [2.24, 2.45) is 0 Å². The predicted octanol–water partition coefficient (Wildman–Crippen LogP) is 10.5. The van der Waals surface area contributed by atoms with E-state index in [9.17, 15) is 0 Å². The average molecular weight is 985 g/mol. The van der Waals surface area contributed by atoms with Crippen LogP contribution in [0.1, 0.15) is 0 Å². The number of furan rings is 1. The van der Waals surface area contributed by atoms with Crippen LogP contribution in [-0.2, 0) is 0 Å². The lowest BCUT2D eigenvalue weighted by Crippen LogP contribution is -2.61. The van der Waals surface area contributed by atoms with Crippen molar-refractivity contribution in [2.45, 2.75) is 0 Å².